The van der Waals surface area contributed by atoms with Crippen molar-refractivity contribution in [3.05, 3.63) is 42.2 Å². The lowest BCUT2D eigenvalue weighted by molar-refractivity contribution is 0.0878. The maximum Gasteiger partial charge on any atom is 0.160 e. The fraction of sp³-hybridized carbons (Fsp3) is 0.333. The van der Waals surface area contributed by atoms with Crippen molar-refractivity contribution < 1.29 is 4.74 Å². The quantitative estimate of drug-likeness (QED) is 0.625. The molecule has 0 aliphatic heterocycles. The first kappa shape index (κ1) is 14.4. The molecule has 2 aromatic rings. The van der Waals surface area contributed by atoms with Crippen LogP contribution in [0.25, 0.3) is 11.3 Å². The van der Waals surface area contributed by atoms with Gasteiger partial charge in [-0.05, 0) is 6.42 Å². The monoisotopic (exact) mass is 272 g/mol. The molecule has 0 spiro atoms. The summed E-state index contributed by atoms with van der Waals surface area (Å²) in [7, 11) is 1.68. The van der Waals surface area contributed by atoms with Crippen LogP contribution in [0.5, 0.6) is 0 Å². The Morgan fingerprint density at radius 3 is 2.60 bits per heavy atom. The summed E-state index contributed by atoms with van der Waals surface area (Å²) < 4.78 is 5.47. The number of anilines is 1. The van der Waals surface area contributed by atoms with Gasteiger partial charge in [0.05, 0.1) is 5.69 Å². The van der Waals surface area contributed by atoms with Gasteiger partial charge in [-0.25, -0.2) is 15.8 Å². The van der Waals surface area contributed by atoms with E-state index in [4.69, 9.17) is 10.6 Å². The number of hydrazine groups is 1. The molecule has 0 aliphatic rings. The van der Waals surface area contributed by atoms with Gasteiger partial charge in [0.1, 0.15) is 11.9 Å². The Morgan fingerprint density at radius 2 is 2.00 bits per heavy atom. The minimum absolute atomic E-state index is 0.115. The minimum atomic E-state index is -0.115. The van der Waals surface area contributed by atoms with Gasteiger partial charge in [-0.2, -0.15) is 0 Å². The van der Waals surface area contributed by atoms with Crippen LogP contribution < -0.4 is 11.3 Å². The van der Waals surface area contributed by atoms with Crippen molar-refractivity contribution in [2.45, 2.75) is 25.9 Å². The molecular formula is C15H20N4O. The second-order valence-corrected chi connectivity index (χ2v) is 4.52. The zero-order valence-electron chi connectivity index (χ0n) is 11.8. The summed E-state index contributed by atoms with van der Waals surface area (Å²) in [5, 5.41) is 0. The number of rotatable bonds is 6. The fourth-order valence-corrected chi connectivity index (χ4v) is 2.06. The van der Waals surface area contributed by atoms with Crippen LogP contribution in [0, 0.1) is 0 Å². The van der Waals surface area contributed by atoms with Gasteiger partial charge < -0.3 is 10.2 Å². The molecule has 20 heavy (non-hydrogen) atoms. The Balaban J connectivity index is 2.43. The van der Waals surface area contributed by atoms with E-state index in [0.717, 1.165) is 24.1 Å². The first-order valence-corrected chi connectivity index (χ1v) is 6.72. The standard InChI is InChI=1S/C15H20N4O/c1-3-7-13(20-2)15-17-12(10-14(18-15)19-16)11-8-5-4-6-9-11/h4-6,8-10,13H,3,7,16H2,1-2H3,(H,17,18,19). The number of aromatic nitrogens is 2. The predicted octanol–water partition coefficient (Wildman–Crippen LogP) is 2.92. The molecule has 0 radical (unpaired) electrons. The van der Waals surface area contributed by atoms with Gasteiger partial charge in [-0.1, -0.05) is 43.7 Å². The number of benzene rings is 1. The topological polar surface area (TPSA) is 73.1 Å². The number of hydrogen-bond acceptors (Lipinski definition) is 5. The molecule has 0 saturated carbocycles. The van der Waals surface area contributed by atoms with Crippen molar-refractivity contribution in [2.75, 3.05) is 12.5 Å². The van der Waals surface area contributed by atoms with E-state index in [9.17, 15) is 0 Å². The molecule has 5 heteroatoms. The van der Waals surface area contributed by atoms with E-state index < -0.39 is 0 Å². The highest BCUT2D eigenvalue weighted by Gasteiger charge is 2.15. The highest BCUT2D eigenvalue weighted by atomic mass is 16.5. The molecule has 0 fully saturated rings. The second kappa shape index (κ2) is 6.98. The minimum Gasteiger partial charge on any atom is -0.373 e. The highest BCUT2D eigenvalue weighted by molar-refractivity contribution is 5.62. The largest absolute Gasteiger partial charge is 0.373 e. The number of nitrogen functional groups attached to an aromatic ring is 1. The maximum absolute atomic E-state index is 5.50. The molecule has 1 unspecified atom stereocenters. The maximum atomic E-state index is 5.50. The number of nitrogens with zero attached hydrogens (tertiary/aromatic N) is 2. The fourth-order valence-electron chi connectivity index (χ4n) is 2.06. The second-order valence-electron chi connectivity index (χ2n) is 4.52. The SMILES string of the molecule is CCCC(OC)c1nc(NN)cc(-c2ccccc2)n1. The van der Waals surface area contributed by atoms with Crippen molar-refractivity contribution in [1.82, 2.24) is 9.97 Å². The molecule has 0 bridgehead atoms. The average molecular weight is 272 g/mol. The number of nitrogens with one attached hydrogen (secondary N) is 1. The van der Waals surface area contributed by atoms with Crippen molar-refractivity contribution in [2.24, 2.45) is 5.84 Å². The molecule has 1 aromatic heterocycles. The number of methoxy groups -OCH3 is 1. The van der Waals surface area contributed by atoms with Crippen LogP contribution in [-0.2, 0) is 4.74 Å². The van der Waals surface area contributed by atoms with E-state index in [0.29, 0.717) is 11.6 Å². The van der Waals surface area contributed by atoms with Gasteiger partial charge in [0.2, 0.25) is 0 Å². The first-order chi connectivity index (χ1) is 9.78. The van der Waals surface area contributed by atoms with Crippen LogP contribution in [-0.4, -0.2) is 17.1 Å². The summed E-state index contributed by atoms with van der Waals surface area (Å²) in [5.41, 5.74) is 4.45. The van der Waals surface area contributed by atoms with E-state index in [-0.39, 0.29) is 6.10 Å². The van der Waals surface area contributed by atoms with E-state index in [1.165, 1.54) is 0 Å². The van der Waals surface area contributed by atoms with Gasteiger partial charge >= 0.3 is 0 Å². The van der Waals surface area contributed by atoms with Crippen LogP contribution in [0.4, 0.5) is 5.82 Å². The van der Waals surface area contributed by atoms with Gasteiger partial charge in [0, 0.05) is 18.7 Å². The Labute approximate surface area is 119 Å². The van der Waals surface area contributed by atoms with E-state index in [1.807, 2.05) is 36.4 Å². The van der Waals surface area contributed by atoms with Crippen LogP contribution in [0.3, 0.4) is 0 Å². The molecule has 0 saturated heterocycles. The normalized spacial score (nSPS) is 12.2. The summed E-state index contributed by atoms with van der Waals surface area (Å²) in [6.07, 6.45) is 1.76. The molecule has 1 atom stereocenters. The van der Waals surface area contributed by atoms with E-state index in [1.54, 1.807) is 7.11 Å². The van der Waals surface area contributed by atoms with Crippen LogP contribution >= 0.6 is 0 Å². The molecule has 106 valence electrons. The summed E-state index contributed by atoms with van der Waals surface area (Å²) in [4.78, 5) is 9.00. The Bertz CT molecular complexity index is 545. The smallest absolute Gasteiger partial charge is 0.160 e. The Morgan fingerprint density at radius 1 is 1.25 bits per heavy atom. The third kappa shape index (κ3) is 3.31. The first-order valence-electron chi connectivity index (χ1n) is 6.72. The molecular weight excluding hydrogens is 252 g/mol. The summed E-state index contributed by atoms with van der Waals surface area (Å²) >= 11 is 0. The third-order valence-electron chi connectivity index (χ3n) is 3.08. The predicted molar refractivity (Wildman–Crippen MR) is 79.9 cm³/mol. The molecule has 0 aliphatic carbocycles. The van der Waals surface area contributed by atoms with Crippen molar-refractivity contribution in [3.8, 4) is 11.3 Å². The van der Waals surface area contributed by atoms with Crippen LogP contribution in [0.2, 0.25) is 0 Å². The molecule has 1 heterocycles. The van der Waals surface area contributed by atoms with Gasteiger partial charge in [0.15, 0.2) is 5.82 Å². The van der Waals surface area contributed by atoms with Gasteiger partial charge in [0.25, 0.3) is 0 Å². The Kier molecular flexibility index (Phi) is 5.03. The summed E-state index contributed by atoms with van der Waals surface area (Å²) in [5.74, 6) is 6.75. The molecule has 0 amide bonds. The van der Waals surface area contributed by atoms with Gasteiger partial charge in [-0.3, -0.25) is 0 Å². The lowest BCUT2D eigenvalue weighted by atomic mass is 10.1. The van der Waals surface area contributed by atoms with E-state index >= 15 is 0 Å². The third-order valence-corrected chi connectivity index (χ3v) is 3.08. The number of nitrogens with two attached hydrogens (primary N) is 1. The van der Waals surface area contributed by atoms with Crippen LogP contribution in [0.15, 0.2) is 36.4 Å². The average Bonchev–Trinajstić information content (AvgIpc) is 2.53. The molecule has 1 aromatic carbocycles. The molecule has 2 rings (SSSR count). The molecule has 3 N–H and O–H groups in total. The number of ether oxygens (including phenoxy) is 1. The lowest BCUT2D eigenvalue weighted by Crippen LogP contribution is -2.13. The zero-order valence-corrected chi connectivity index (χ0v) is 11.8. The summed E-state index contributed by atoms with van der Waals surface area (Å²) in [6, 6.07) is 11.8. The summed E-state index contributed by atoms with van der Waals surface area (Å²) in [6.45, 7) is 2.11. The highest BCUT2D eigenvalue weighted by Crippen LogP contribution is 2.24. The zero-order chi connectivity index (χ0) is 14.4. The van der Waals surface area contributed by atoms with Crippen molar-refractivity contribution >= 4 is 5.82 Å². The van der Waals surface area contributed by atoms with Gasteiger partial charge in [-0.15, -0.1) is 0 Å². The van der Waals surface area contributed by atoms with Crippen molar-refractivity contribution in [1.29, 1.82) is 0 Å². The lowest BCUT2D eigenvalue weighted by Gasteiger charge is -2.15. The van der Waals surface area contributed by atoms with Crippen molar-refractivity contribution in [3.63, 3.8) is 0 Å². The Hall–Kier alpha value is -1.98. The van der Waals surface area contributed by atoms with E-state index in [2.05, 4.69) is 22.3 Å². The molecule has 5 nitrogen and oxygen atoms in total. The number of hydrogen-bond donors (Lipinski definition) is 2. The van der Waals surface area contributed by atoms with Crippen LogP contribution in [0.1, 0.15) is 31.7 Å².